The molecular formula is C19H7F12N3O. The number of pyridine rings is 2. The second-order valence-electron chi connectivity index (χ2n) is 6.87. The lowest BCUT2D eigenvalue weighted by atomic mass is 10.1. The van der Waals surface area contributed by atoms with Crippen molar-refractivity contribution in [3.8, 4) is 22.5 Å². The Kier molecular flexibility index (Phi) is 6.15. The minimum absolute atomic E-state index is 0.0627. The molecule has 3 heterocycles. The second kappa shape index (κ2) is 8.27. The van der Waals surface area contributed by atoms with Crippen molar-refractivity contribution in [3.05, 3.63) is 58.7 Å². The van der Waals surface area contributed by atoms with E-state index in [0.717, 1.165) is 0 Å². The molecule has 0 spiro atoms. The smallest absolute Gasteiger partial charge is 0.354 e. The van der Waals surface area contributed by atoms with E-state index in [1.807, 2.05) is 0 Å². The van der Waals surface area contributed by atoms with Crippen LogP contribution < -0.4 is 0 Å². The number of hydrogen-bond donors (Lipinski definition) is 1. The molecule has 0 unspecified atom stereocenters. The summed E-state index contributed by atoms with van der Waals surface area (Å²) in [5.74, 6) is 0. The number of carbonyl (C=O) groups is 1. The summed E-state index contributed by atoms with van der Waals surface area (Å²) in [5.41, 5.74) is -11.7. The molecule has 3 rings (SSSR count). The molecule has 0 fully saturated rings. The summed E-state index contributed by atoms with van der Waals surface area (Å²) in [7, 11) is 0. The summed E-state index contributed by atoms with van der Waals surface area (Å²) in [4.78, 5) is 18.5. The van der Waals surface area contributed by atoms with Crippen LogP contribution in [0.3, 0.4) is 0 Å². The van der Waals surface area contributed by atoms with Crippen molar-refractivity contribution in [2.24, 2.45) is 0 Å². The highest BCUT2D eigenvalue weighted by Gasteiger charge is 2.40. The van der Waals surface area contributed by atoms with Gasteiger partial charge in [0.25, 0.3) is 0 Å². The molecule has 0 aliphatic rings. The summed E-state index contributed by atoms with van der Waals surface area (Å²) in [5, 5.41) is 0. The van der Waals surface area contributed by atoms with Gasteiger partial charge in [-0.05, 0) is 30.3 Å². The van der Waals surface area contributed by atoms with Crippen molar-refractivity contribution in [2.45, 2.75) is 24.7 Å². The van der Waals surface area contributed by atoms with Gasteiger partial charge < -0.3 is 4.98 Å². The van der Waals surface area contributed by atoms with E-state index >= 15 is 0 Å². The number of H-pyrrole nitrogens is 1. The number of halogens is 12. The molecule has 0 bridgehead atoms. The van der Waals surface area contributed by atoms with E-state index in [4.69, 9.17) is 0 Å². The molecule has 16 heteroatoms. The number of nitrogens with zero attached hydrogens (tertiary/aromatic N) is 2. The SMILES string of the molecule is O=Cc1cc(-c2cc(C(F)(F)F)nc(C(F)(F)F)c2)[nH]c1-c1cc(C(F)(F)F)nc(C(F)(F)F)c1. The van der Waals surface area contributed by atoms with E-state index in [0.29, 0.717) is 6.07 Å². The molecule has 3 aromatic heterocycles. The third kappa shape index (κ3) is 5.57. The van der Waals surface area contributed by atoms with Crippen molar-refractivity contribution in [2.75, 3.05) is 0 Å². The molecule has 0 saturated heterocycles. The van der Waals surface area contributed by atoms with Gasteiger partial charge in [-0.1, -0.05) is 0 Å². The van der Waals surface area contributed by atoms with Crippen molar-refractivity contribution in [3.63, 3.8) is 0 Å². The van der Waals surface area contributed by atoms with Crippen molar-refractivity contribution in [1.82, 2.24) is 15.0 Å². The van der Waals surface area contributed by atoms with Crippen LogP contribution in [0.4, 0.5) is 52.7 Å². The molecular weight excluding hydrogens is 514 g/mol. The minimum atomic E-state index is -5.36. The first-order valence-electron chi connectivity index (χ1n) is 8.82. The molecule has 0 radical (unpaired) electrons. The highest BCUT2D eigenvalue weighted by atomic mass is 19.4. The van der Waals surface area contributed by atoms with Gasteiger partial charge >= 0.3 is 24.7 Å². The summed E-state index contributed by atoms with van der Waals surface area (Å²) in [6.07, 6.45) is -21.5. The van der Waals surface area contributed by atoms with Crippen LogP contribution in [0.15, 0.2) is 30.3 Å². The molecule has 0 atom stereocenters. The zero-order chi connectivity index (χ0) is 26.6. The maximum atomic E-state index is 13.1. The fraction of sp³-hybridized carbons (Fsp3) is 0.211. The first-order chi connectivity index (χ1) is 15.8. The third-order valence-electron chi connectivity index (χ3n) is 4.39. The van der Waals surface area contributed by atoms with E-state index in [-0.39, 0.29) is 30.6 Å². The van der Waals surface area contributed by atoms with Crippen LogP contribution in [-0.2, 0) is 24.7 Å². The first kappa shape index (κ1) is 26.0. The number of aldehydes is 1. The number of aromatic nitrogens is 3. The van der Waals surface area contributed by atoms with Gasteiger partial charge in [0.2, 0.25) is 0 Å². The number of hydrogen-bond acceptors (Lipinski definition) is 3. The summed E-state index contributed by atoms with van der Waals surface area (Å²) in [6.45, 7) is 0. The van der Waals surface area contributed by atoms with Crippen LogP contribution in [0.2, 0.25) is 0 Å². The van der Waals surface area contributed by atoms with E-state index in [2.05, 4.69) is 15.0 Å². The fourth-order valence-corrected chi connectivity index (χ4v) is 2.90. The van der Waals surface area contributed by atoms with Gasteiger partial charge in [0.15, 0.2) is 6.29 Å². The van der Waals surface area contributed by atoms with E-state index in [1.54, 1.807) is 0 Å². The average Bonchev–Trinajstić information content (AvgIpc) is 3.15. The van der Waals surface area contributed by atoms with Gasteiger partial charge in [0.05, 0.1) is 5.69 Å². The van der Waals surface area contributed by atoms with Crippen LogP contribution >= 0.6 is 0 Å². The fourth-order valence-electron chi connectivity index (χ4n) is 2.90. The molecule has 0 aromatic carbocycles. The maximum absolute atomic E-state index is 13.1. The molecule has 0 aliphatic heterocycles. The lowest BCUT2D eigenvalue weighted by Crippen LogP contribution is -2.15. The van der Waals surface area contributed by atoms with Crippen LogP contribution in [0.25, 0.3) is 22.5 Å². The summed E-state index contributed by atoms with van der Waals surface area (Å²) < 4.78 is 157. The van der Waals surface area contributed by atoms with Crippen LogP contribution in [0, 0.1) is 0 Å². The monoisotopic (exact) mass is 521 g/mol. The number of rotatable bonds is 3. The summed E-state index contributed by atoms with van der Waals surface area (Å²) in [6, 6.07) is 1.25. The van der Waals surface area contributed by atoms with Gasteiger partial charge in [-0.3, -0.25) is 4.79 Å². The Morgan fingerprint density at radius 1 is 0.571 bits per heavy atom. The highest BCUT2D eigenvalue weighted by molar-refractivity contribution is 5.89. The number of carbonyl (C=O) groups excluding carboxylic acids is 1. The van der Waals surface area contributed by atoms with Crippen LogP contribution in [0.1, 0.15) is 33.1 Å². The topological polar surface area (TPSA) is 58.6 Å². The van der Waals surface area contributed by atoms with Gasteiger partial charge in [-0.2, -0.15) is 52.7 Å². The zero-order valence-corrected chi connectivity index (χ0v) is 16.3. The molecule has 0 amide bonds. The third-order valence-corrected chi connectivity index (χ3v) is 4.39. The maximum Gasteiger partial charge on any atom is 0.433 e. The standard InChI is InChI=1S/C19H7F12N3O/c20-16(21,22)11-2-7(3-12(33-11)17(23,24)25)10-1-9(6-35)15(32-10)8-4-13(18(26,27)28)34-14(5-8)19(29,30)31/h1-6,32H. The Morgan fingerprint density at radius 3 is 1.23 bits per heavy atom. The molecule has 4 nitrogen and oxygen atoms in total. The van der Waals surface area contributed by atoms with Gasteiger partial charge in [-0.15, -0.1) is 0 Å². The molecule has 188 valence electrons. The second-order valence-corrected chi connectivity index (χ2v) is 6.87. The first-order valence-corrected chi connectivity index (χ1v) is 8.82. The quantitative estimate of drug-likeness (QED) is 0.298. The predicted octanol–water partition coefficient (Wildman–Crippen LogP) is 7.03. The predicted molar refractivity (Wildman–Crippen MR) is 92.7 cm³/mol. The number of aromatic amines is 1. The zero-order valence-electron chi connectivity index (χ0n) is 16.3. The Bertz CT molecular complexity index is 1200. The van der Waals surface area contributed by atoms with E-state index < -0.39 is 75.6 Å². The molecule has 0 aliphatic carbocycles. The highest BCUT2D eigenvalue weighted by Crippen LogP contribution is 2.39. The van der Waals surface area contributed by atoms with Gasteiger partial charge in [-0.25, -0.2) is 9.97 Å². The Hall–Kier alpha value is -3.59. The van der Waals surface area contributed by atoms with Crippen molar-refractivity contribution < 1.29 is 57.5 Å². The van der Waals surface area contributed by atoms with E-state index in [1.165, 1.54) is 0 Å². The summed E-state index contributed by atoms with van der Waals surface area (Å²) >= 11 is 0. The number of nitrogens with one attached hydrogen (secondary N) is 1. The van der Waals surface area contributed by atoms with Gasteiger partial charge in [0.1, 0.15) is 22.8 Å². The van der Waals surface area contributed by atoms with E-state index in [9.17, 15) is 57.5 Å². The Labute approximate surface area is 185 Å². The molecule has 0 saturated carbocycles. The lowest BCUT2D eigenvalue weighted by molar-refractivity contribution is -0.151. The molecule has 35 heavy (non-hydrogen) atoms. The van der Waals surface area contributed by atoms with Crippen molar-refractivity contribution in [1.29, 1.82) is 0 Å². The number of alkyl halides is 12. The normalized spacial score (nSPS) is 13.3. The van der Waals surface area contributed by atoms with Crippen LogP contribution in [0.5, 0.6) is 0 Å². The van der Waals surface area contributed by atoms with Crippen molar-refractivity contribution >= 4 is 6.29 Å². The molecule has 3 aromatic rings. The Morgan fingerprint density at radius 2 is 0.914 bits per heavy atom. The molecule has 1 N–H and O–H groups in total. The van der Waals surface area contributed by atoms with Gasteiger partial charge in [0, 0.05) is 22.4 Å². The largest absolute Gasteiger partial charge is 0.433 e. The lowest BCUT2D eigenvalue weighted by Gasteiger charge is -2.13. The Balaban J connectivity index is 2.27. The average molecular weight is 521 g/mol. The minimum Gasteiger partial charge on any atom is -0.354 e. The van der Waals surface area contributed by atoms with Crippen LogP contribution in [-0.4, -0.2) is 21.2 Å².